The molecule has 0 saturated heterocycles. The van der Waals surface area contributed by atoms with E-state index >= 15 is 0 Å². The van der Waals surface area contributed by atoms with Crippen molar-refractivity contribution in [3.05, 3.63) is 0 Å². The molecule has 0 aliphatic heterocycles. The number of primary amides is 1. The maximum absolute atomic E-state index is 11.6. The molecule has 0 bridgehead atoms. The molecule has 1 saturated carbocycles. The van der Waals surface area contributed by atoms with Crippen molar-refractivity contribution >= 4 is 5.91 Å². The number of rotatable bonds is 5. The third-order valence-electron chi connectivity index (χ3n) is 4.01. The maximum atomic E-state index is 11.6. The molecule has 3 heteroatoms. The first-order valence-electron chi connectivity index (χ1n) is 6.72. The second-order valence-electron chi connectivity index (χ2n) is 4.99. The van der Waals surface area contributed by atoms with Gasteiger partial charge in [-0.1, -0.05) is 39.5 Å². The first-order valence-corrected chi connectivity index (χ1v) is 6.72. The minimum absolute atomic E-state index is 0.193. The van der Waals surface area contributed by atoms with Crippen LogP contribution >= 0.6 is 0 Å². The third-order valence-corrected chi connectivity index (χ3v) is 4.01. The summed E-state index contributed by atoms with van der Waals surface area (Å²) in [5, 5.41) is 3.53. The molecule has 0 unspecified atom stereocenters. The van der Waals surface area contributed by atoms with E-state index in [0.717, 1.165) is 12.8 Å². The summed E-state index contributed by atoms with van der Waals surface area (Å²) < 4.78 is 0. The van der Waals surface area contributed by atoms with Crippen molar-refractivity contribution in [3.8, 4) is 0 Å². The van der Waals surface area contributed by atoms with Crippen LogP contribution in [-0.4, -0.2) is 17.5 Å². The smallest absolute Gasteiger partial charge is 0.237 e. The molecule has 1 aliphatic carbocycles. The van der Waals surface area contributed by atoms with E-state index in [4.69, 9.17) is 5.73 Å². The Bertz CT molecular complexity index is 216. The first-order chi connectivity index (χ1) is 7.64. The number of carbonyl (C=O) groups excluding carboxylic acids is 1. The van der Waals surface area contributed by atoms with Crippen LogP contribution in [0.2, 0.25) is 0 Å². The van der Waals surface area contributed by atoms with E-state index in [9.17, 15) is 4.79 Å². The van der Waals surface area contributed by atoms with Gasteiger partial charge < -0.3 is 11.1 Å². The van der Waals surface area contributed by atoms with Gasteiger partial charge in [-0.05, 0) is 25.7 Å². The molecule has 0 radical (unpaired) electrons. The number of amides is 1. The zero-order chi connectivity index (χ0) is 12.0. The van der Waals surface area contributed by atoms with Crippen molar-refractivity contribution in [2.75, 3.05) is 0 Å². The maximum Gasteiger partial charge on any atom is 0.237 e. The number of hydrogen-bond donors (Lipinski definition) is 2. The summed E-state index contributed by atoms with van der Waals surface area (Å²) in [5.74, 6) is -0.193. The molecule has 0 spiro atoms. The molecule has 0 atom stereocenters. The molecule has 0 heterocycles. The Morgan fingerprint density at radius 1 is 1.19 bits per heavy atom. The molecular formula is C13H26N2O. The Morgan fingerprint density at radius 2 is 1.69 bits per heavy atom. The van der Waals surface area contributed by atoms with Gasteiger partial charge in [0.15, 0.2) is 0 Å². The molecule has 3 nitrogen and oxygen atoms in total. The fourth-order valence-electron chi connectivity index (χ4n) is 2.69. The number of carbonyl (C=O) groups is 1. The Labute approximate surface area is 99.2 Å². The van der Waals surface area contributed by atoms with Gasteiger partial charge in [0.05, 0.1) is 5.54 Å². The van der Waals surface area contributed by atoms with Crippen molar-refractivity contribution < 1.29 is 4.79 Å². The van der Waals surface area contributed by atoms with E-state index in [1.165, 1.54) is 38.5 Å². The molecule has 94 valence electrons. The molecule has 1 fully saturated rings. The van der Waals surface area contributed by atoms with Gasteiger partial charge in [0.2, 0.25) is 5.91 Å². The summed E-state index contributed by atoms with van der Waals surface area (Å²) in [4.78, 5) is 11.6. The lowest BCUT2D eigenvalue weighted by Gasteiger charge is -2.34. The summed E-state index contributed by atoms with van der Waals surface area (Å²) in [6, 6.07) is 0.481. The van der Waals surface area contributed by atoms with Gasteiger partial charge in [0, 0.05) is 6.04 Å². The Hall–Kier alpha value is -0.570. The average molecular weight is 226 g/mol. The Morgan fingerprint density at radius 3 is 2.06 bits per heavy atom. The van der Waals surface area contributed by atoms with Crippen LogP contribution in [0.3, 0.4) is 0 Å². The number of hydrogen-bond acceptors (Lipinski definition) is 2. The van der Waals surface area contributed by atoms with Gasteiger partial charge in [0.25, 0.3) is 0 Å². The van der Waals surface area contributed by atoms with Crippen LogP contribution in [0.5, 0.6) is 0 Å². The molecule has 0 aromatic rings. The monoisotopic (exact) mass is 226 g/mol. The molecule has 0 aromatic heterocycles. The average Bonchev–Trinajstić information content (AvgIpc) is 2.54. The molecule has 0 aromatic carbocycles. The lowest BCUT2D eigenvalue weighted by atomic mass is 9.90. The van der Waals surface area contributed by atoms with Gasteiger partial charge in [-0.15, -0.1) is 0 Å². The minimum atomic E-state index is -0.477. The molecule has 16 heavy (non-hydrogen) atoms. The van der Waals surface area contributed by atoms with Crippen LogP contribution in [0.1, 0.15) is 65.2 Å². The van der Waals surface area contributed by atoms with Gasteiger partial charge in [-0.2, -0.15) is 0 Å². The van der Waals surface area contributed by atoms with Crippen LogP contribution in [0.15, 0.2) is 0 Å². The van der Waals surface area contributed by atoms with Gasteiger partial charge >= 0.3 is 0 Å². The zero-order valence-electron chi connectivity index (χ0n) is 10.7. The SMILES string of the molecule is CCC(CC)(NC1CCCCCC1)C(N)=O. The highest BCUT2D eigenvalue weighted by Gasteiger charge is 2.34. The summed E-state index contributed by atoms with van der Waals surface area (Å²) in [6.45, 7) is 4.08. The second-order valence-corrected chi connectivity index (χ2v) is 4.99. The molecule has 1 rings (SSSR count). The van der Waals surface area contributed by atoms with Gasteiger partial charge in [0.1, 0.15) is 0 Å². The Kier molecular flexibility index (Phi) is 5.26. The highest BCUT2D eigenvalue weighted by atomic mass is 16.1. The van der Waals surface area contributed by atoms with Crippen molar-refractivity contribution in [2.24, 2.45) is 5.73 Å². The molecule has 3 N–H and O–H groups in total. The summed E-state index contributed by atoms with van der Waals surface area (Å²) in [6.07, 6.45) is 9.18. The third kappa shape index (κ3) is 3.21. The highest BCUT2D eigenvalue weighted by Crippen LogP contribution is 2.22. The van der Waals surface area contributed by atoms with E-state index < -0.39 is 5.54 Å². The lowest BCUT2D eigenvalue weighted by Crippen LogP contribution is -2.58. The lowest BCUT2D eigenvalue weighted by molar-refractivity contribution is -0.125. The summed E-state index contributed by atoms with van der Waals surface area (Å²) in [7, 11) is 0. The molecule has 1 aliphatic rings. The summed E-state index contributed by atoms with van der Waals surface area (Å²) in [5.41, 5.74) is 5.07. The Balaban J connectivity index is 2.62. The zero-order valence-corrected chi connectivity index (χ0v) is 10.7. The quantitative estimate of drug-likeness (QED) is 0.707. The molecule has 1 amide bonds. The predicted octanol–water partition coefficient (Wildman–Crippen LogP) is 2.34. The van der Waals surface area contributed by atoms with E-state index in [0.29, 0.717) is 6.04 Å². The van der Waals surface area contributed by atoms with Crippen molar-refractivity contribution in [3.63, 3.8) is 0 Å². The van der Waals surface area contributed by atoms with Crippen LogP contribution in [-0.2, 0) is 4.79 Å². The van der Waals surface area contributed by atoms with Crippen molar-refractivity contribution in [1.82, 2.24) is 5.32 Å². The van der Waals surface area contributed by atoms with Crippen LogP contribution in [0.25, 0.3) is 0 Å². The topological polar surface area (TPSA) is 55.1 Å². The standard InChI is InChI=1S/C13H26N2O/c1-3-13(4-2,12(14)16)15-11-9-7-5-6-8-10-11/h11,15H,3-10H2,1-2H3,(H2,14,16). The first kappa shape index (κ1) is 13.5. The van der Waals surface area contributed by atoms with Gasteiger partial charge in [-0.25, -0.2) is 0 Å². The van der Waals surface area contributed by atoms with Crippen LogP contribution in [0, 0.1) is 0 Å². The second kappa shape index (κ2) is 6.24. The van der Waals surface area contributed by atoms with Gasteiger partial charge in [-0.3, -0.25) is 4.79 Å². The molecular weight excluding hydrogens is 200 g/mol. The van der Waals surface area contributed by atoms with E-state index in [-0.39, 0.29) is 5.91 Å². The van der Waals surface area contributed by atoms with Crippen LogP contribution in [0.4, 0.5) is 0 Å². The fraction of sp³-hybridized carbons (Fsp3) is 0.923. The normalized spacial score (nSPS) is 19.4. The largest absolute Gasteiger partial charge is 0.368 e. The predicted molar refractivity (Wildman–Crippen MR) is 67.1 cm³/mol. The number of nitrogens with one attached hydrogen (secondary N) is 1. The highest BCUT2D eigenvalue weighted by molar-refractivity contribution is 5.84. The number of nitrogens with two attached hydrogens (primary N) is 1. The van der Waals surface area contributed by atoms with Crippen molar-refractivity contribution in [2.45, 2.75) is 76.8 Å². The fourth-order valence-corrected chi connectivity index (χ4v) is 2.69. The minimum Gasteiger partial charge on any atom is -0.368 e. The van der Waals surface area contributed by atoms with E-state index in [1.54, 1.807) is 0 Å². The summed E-state index contributed by atoms with van der Waals surface area (Å²) >= 11 is 0. The van der Waals surface area contributed by atoms with E-state index in [1.807, 2.05) is 13.8 Å². The van der Waals surface area contributed by atoms with Crippen molar-refractivity contribution in [1.29, 1.82) is 0 Å². The van der Waals surface area contributed by atoms with Crippen LogP contribution < -0.4 is 11.1 Å². The van der Waals surface area contributed by atoms with E-state index in [2.05, 4.69) is 5.32 Å².